The van der Waals surface area contributed by atoms with Crippen LogP contribution in [0.5, 0.6) is 0 Å². The highest BCUT2D eigenvalue weighted by Crippen LogP contribution is 2.27. The number of fused-ring (bicyclic) bond motifs is 3. The Hall–Kier alpha value is -2.70. The van der Waals surface area contributed by atoms with Crippen LogP contribution in [-0.2, 0) is 19.5 Å². The van der Waals surface area contributed by atoms with Gasteiger partial charge in [0.2, 0.25) is 5.78 Å². The molecular formula is C17H20N6O. The van der Waals surface area contributed by atoms with Gasteiger partial charge in [0.15, 0.2) is 0 Å². The van der Waals surface area contributed by atoms with Crippen LogP contribution in [0, 0.1) is 0 Å². The first-order valence-corrected chi connectivity index (χ1v) is 8.42. The quantitative estimate of drug-likeness (QED) is 0.722. The monoisotopic (exact) mass is 324 g/mol. The predicted octanol–water partition coefficient (Wildman–Crippen LogP) is 2.19. The van der Waals surface area contributed by atoms with Gasteiger partial charge in [-0.2, -0.15) is 5.10 Å². The third kappa shape index (κ3) is 2.19. The number of aromatic nitrogens is 5. The van der Waals surface area contributed by atoms with Crippen molar-refractivity contribution in [2.45, 2.75) is 46.2 Å². The van der Waals surface area contributed by atoms with Crippen molar-refractivity contribution in [3.63, 3.8) is 0 Å². The summed E-state index contributed by atoms with van der Waals surface area (Å²) in [5.41, 5.74) is 2.64. The molecule has 0 aromatic carbocycles. The molecular weight excluding hydrogens is 304 g/mol. The highest BCUT2D eigenvalue weighted by Gasteiger charge is 2.25. The molecule has 0 saturated carbocycles. The maximum Gasteiger partial charge on any atom is 0.260 e. The van der Waals surface area contributed by atoms with Crippen LogP contribution in [0.3, 0.4) is 0 Å². The molecule has 4 rings (SSSR count). The van der Waals surface area contributed by atoms with Gasteiger partial charge in [0.05, 0.1) is 17.5 Å². The van der Waals surface area contributed by atoms with Gasteiger partial charge in [-0.1, -0.05) is 13.8 Å². The lowest BCUT2D eigenvalue weighted by Gasteiger charge is -2.09. The first kappa shape index (κ1) is 14.9. The second-order valence-electron chi connectivity index (χ2n) is 6.08. The Morgan fingerprint density at radius 2 is 2.04 bits per heavy atom. The summed E-state index contributed by atoms with van der Waals surface area (Å²) in [6.45, 7) is 5.73. The summed E-state index contributed by atoms with van der Waals surface area (Å²) < 4.78 is 5.58. The van der Waals surface area contributed by atoms with Crippen LogP contribution < -0.4 is 5.56 Å². The van der Waals surface area contributed by atoms with Crippen LogP contribution in [0.25, 0.3) is 5.78 Å². The number of hydrogen-bond donors (Lipinski definition) is 0. The van der Waals surface area contributed by atoms with Gasteiger partial charge in [-0.05, 0) is 12.8 Å². The van der Waals surface area contributed by atoms with Gasteiger partial charge in [0, 0.05) is 43.7 Å². The Morgan fingerprint density at radius 3 is 2.83 bits per heavy atom. The predicted molar refractivity (Wildman–Crippen MR) is 92.2 cm³/mol. The van der Waals surface area contributed by atoms with Crippen LogP contribution in [0.1, 0.15) is 37.8 Å². The van der Waals surface area contributed by atoms with Crippen molar-refractivity contribution in [2.24, 2.45) is 4.99 Å². The van der Waals surface area contributed by atoms with Gasteiger partial charge in [0.1, 0.15) is 5.82 Å². The van der Waals surface area contributed by atoms with Crippen molar-refractivity contribution in [2.75, 3.05) is 0 Å². The molecule has 0 radical (unpaired) electrons. The molecule has 0 unspecified atom stereocenters. The Morgan fingerprint density at radius 1 is 1.21 bits per heavy atom. The van der Waals surface area contributed by atoms with E-state index in [0.29, 0.717) is 24.6 Å². The molecule has 1 aliphatic heterocycles. The SMILES string of the molecule is CCCn1cc(C2=Nc3c(c(=O)n(CCC)c4nccn34)C2)cn1. The zero-order valence-electron chi connectivity index (χ0n) is 13.9. The van der Waals surface area contributed by atoms with Crippen molar-refractivity contribution in [3.8, 4) is 0 Å². The summed E-state index contributed by atoms with van der Waals surface area (Å²) >= 11 is 0. The van der Waals surface area contributed by atoms with Crippen LogP contribution in [0.2, 0.25) is 0 Å². The molecule has 1 aliphatic rings. The average molecular weight is 324 g/mol. The Bertz CT molecular complexity index is 990. The van der Waals surface area contributed by atoms with Gasteiger partial charge >= 0.3 is 0 Å². The summed E-state index contributed by atoms with van der Waals surface area (Å²) in [4.78, 5) is 21.9. The lowest BCUT2D eigenvalue weighted by molar-refractivity contribution is 0.602. The van der Waals surface area contributed by atoms with E-state index in [1.807, 2.05) is 27.7 Å². The molecule has 0 aliphatic carbocycles. The zero-order chi connectivity index (χ0) is 16.7. The topological polar surface area (TPSA) is 69.5 Å². The molecule has 0 saturated heterocycles. The van der Waals surface area contributed by atoms with E-state index >= 15 is 0 Å². The summed E-state index contributed by atoms with van der Waals surface area (Å²) in [5.74, 6) is 1.37. The minimum absolute atomic E-state index is 0.0188. The van der Waals surface area contributed by atoms with Crippen LogP contribution >= 0.6 is 0 Å². The van der Waals surface area contributed by atoms with E-state index in [-0.39, 0.29) is 5.56 Å². The molecule has 3 aromatic rings. The summed E-state index contributed by atoms with van der Waals surface area (Å²) in [7, 11) is 0. The molecule has 0 fully saturated rings. The molecule has 0 spiro atoms. The Labute approximate surface area is 139 Å². The maximum atomic E-state index is 12.9. The number of imidazole rings is 1. The van der Waals surface area contributed by atoms with Gasteiger partial charge in [0.25, 0.3) is 5.56 Å². The van der Waals surface area contributed by atoms with Gasteiger partial charge in [-0.15, -0.1) is 0 Å². The highest BCUT2D eigenvalue weighted by molar-refractivity contribution is 6.05. The second kappa shape index (κ2) is 5.74. The molecule has 0 atom stereocenters. The summed E-state index contributed by atoms with van der Waals surface area (Å²) in [6.07, 6.45) is 9.88. The standard InChI is InChI=1S/C17H20N6O/c1-3-6-21-11-12(10-19-21)14-9-13-15(20-14)22-8-5-18-17(22)23(7-4-2)16(13)24/h5,8,10-11H,3-4,6-7,9H2,1-2H3. The van der Waals surface area contributed by atoms with E-state index in [0.717, 1.165) is 36.2 Å². The van der Waals surface area contributed by atoms with E-state index in [2.05, 4.69) is 23.9 Å². The van der Waals surface area contributed by atoms with Crippen LogP contribution in [0.15, 0.2) is 34.6 Å². The normalized spacial score (nSPS) is 13.5. The van der Waals surface area contributed by atoms with E-state index in [1.165, 1.54) is 0 Å². The fourth-order valence-corrected chi connectivity index (χ4v) is 3.22. The van der Waals surface area contributed by atoms with Crippen LogP contribution in [0.4, 0.5) is 5.82 Å². The van der Waals surface area contributed by atoms with E-state index < -0.39 is 0 Å². The lowest BCUT2D eigenvalue weighted by atomic mass is 10.1. The van der Waals surface area contributed by atoms with E-state index in [1.54, 1.807) is 10.8 Å². The molecule has 124 valence electrons. The first-order chi connectivity index (χ1) is 11.7. The minimum atomic E-state index is 0.0188. The fraction of sp³-hybridized carbons (Fsp3) is 0.412. The Balaban J connectivity index is 1.82. The smallest absolute Gasteiger partial charge is 0.260 e. The average Bonchev–Trinajstić information content (AvgIpc) is 3.28. The summed E-state index contributed by atoms with van der Waals surface area (Å²) in [6, 6.07) is 0. The van der Waals surface area contributed by atoms with Crippen molar-refractivity contribution >= 4 is 17.3 Å². The lowest BCUT2D eigenvalue weighted by Crippen LogP contribution is -2.26. The number of aryl methyl sites for hydroxylation is 2. The molecule has 3 aromatic heterocycles. The zero-order valence-corrected chi connectivity index (χ0v) is 13.9. The minimum Gasteiger partial charge on any atom is -0.278 e. The molecule has 4 heterocycles. The van der Waals surface area contributed by atoms with Gasteiger partial charge in [-0.3, -0.25) is 18.4 Å². The molecule has 0 bridgehead atoms. The van der Waals surface area contributed by atoms with Crippen molar-refractivity contribution < 1.29 is 0 Å². The number of aliphatic imine (C=N–C) groups is 1. The van der Waals surface area contributed by atoms with Crippen molar-refractivity contribution in [1.82, 2.24) is 23.7 Å². The van der Waals surface area contributed by atoms with Crippen molar-refractivity contribution in [1.29, 1.82) is 0 Å². The van der Waals surface area contributed by atoms with E-state index in [9.17, 15) is 4.79 Å². The largest absolute Gasteiger partial charge is 0.278 e. The first-order valence-electron chi connectivity index (χ1n) is 8.42. The second-order valence-corrected chi connectivity index (χ2v) is 6.08. The third-order valence-electron chi connectivity index (χ3n) is 4.32. The van der Waals surface area contributed by atoms with Gasteiger partial charge in [-0.25, -0.2) is 9.98 Å². The van der Waals surface area contributed by atoms with Crippen molar-refractivity contribution in [3.05, 3.63) is 46.3 Å². The summed E-state index contributed by atoms with van der Waals surface area (Å²) in [5, 5.41) is 4.37. The molecule has 7 heteroatoms. The maximum absolute atomic E-state index is 12.9. The number of hydrogen-bond acceptors (Lipinski definition) is 4. The van der Waals surface area contributed by atoms with E-state index in [4.69, 9.17) is 4.99 Å². The molecule has 0 N–H and O–H groups in total. The molecule has 7 nitrogen and oxygen atoms in total. The van der Waals surface area contributed by atoms with Gasteiger partial charge < -0.3 is 0 Å². The Kier molecular flexibility index (Phi) is 3.55. The number of nitrogens with zero attached hydrogens (tertiary/aromatic N) is 6. The van der Waals surface area contributed by atoms with Crippen LogP contribution in [-0.4, -0.2) is 29.4 Å². The fourth-order valence-electron chi connectivity index (χ4n) is 3.22. The molecule has 24 heavy (non-hydrogen) atoms. The molecule has 0 amide bonds. The third-order valence-corrected chi connectivity index (χ3v) is 4.32. The highest BCUT2D eigenvalue weighted by atomic mass is 16.1. The number of rotatable bonds is 5.